The number of aliphatic hydroxyl groups excluding tert-OH is 1. The van der Waals surface area contributed by atoms with Crippen molar-refractivity contribution in [1.29, 1.82) is 0 Å². The highest BCUT2D eigenvalue weighted by Crippen LogP contribution is 2.33. The number of pyridine rings is 2. The SMILES string of the molecule is COc1cnc(C)cc1-c1cc(C)ncc1C(=O)Nc1nnc(OCc2cnc(CO)cn2)s1. The lowest BCUT2D eigenvalue weighted by Crippen LogP contribution is -2.14. The van der Waals surface area contributed by atoms with Gasteiger partial charge in [-0.05, 0) is 37.3 Å². The van der Waals surface area contributed by atoms with Crippen molar-refractivity contribution >= 4 is 22.4 Å². The molecule has 0 aliphatic carbocycles. The first kappa shape index (κ1) is 23.1. The zero-order valence-electron chi connectivity index (χ0n) is 18.6. The summed E-state index contributed by atoms with van der Waals surface area (Å²) in [6.45, 7) is 3.65. The number of anilines is 1. The quantitative estimate of drug-likeness (QED) is 0.387. The molecular formula is C22H21N7O4S. The van der Waals surface area contributed by atoms with Crippen LogP contribution < -0.4 is 14.8 Å². The first-order valence-electron chi connectivity index (χ1n) is 10.1. The van der Waals surface area contributed by atoms with E-state index < -0.39 is 5.91 Å². The van der Waals surface area contributed by atoms with E-state index in [4.69, 9.17) is 14.6 Å². The Balaban J connectivity index is 1.50. The van der Waals surface area contributed by atoms with Gasteiger partial charge in [0.2, 0.25) is 5.13 Å². The van der Waals surface area contributed by atoms with Gasteiger partial charge in [-0.1, -0.05) is 5.10 Å². The van der Waals surface area contributed by atoms with Crippen LogP contribution in [0.15, 0.2) is 36.9 Å². The maximum absolute atomic E-state index is 13.1. The Kier molecular flexibility index (Phi) is 6.99. The van der Waals surface area contributed by atoms with Gasteiger partial charge in [-0.2, -0.15) is 0 Å². The van der Waals surface area contributed by atoms with Gasteiger partial charge in [-0.3, -0.25) is 30.0 Å². The molecule has 1 amide bonds. The van der Waals surface area contributed by atoms with Crippen LogP contribution in [0, 0.1) is 13.8 Å². The first-order valence-corrected chi connectivity index (χ1v) is 10.9. The molecule has 0 bridgehead atoms. The van der Waals surface area contributed by atoms with E-state index in [0.29, 0.717) is 28.3 Å². The largest absolute Gasteiger partial charge is 0.494 e. The molecule has 0 spiro atoms. The summed E-state index contributed by atoms with van der Waals surface area (Å²) in [6, 6.07) is 3.68. The lowest BCUT2D eigenvalue weighted by molar-refractivity contribution is 0.102. The summed E-state index contributed by atoms with van der Waals surface area (Å²) in [4.78, 5) is 29.8. The summed E-state index contributed by atoms with van der Waals surface area (Å²) < 4.78 is 11.0. The number of aromatic nitrogens is 6. The first-order chi connectivity index (χ1) is 16.5. The third kappa shape index (κ3) is 5.30. The number of carbonyl (C=O) groups is 1. The van der Waals surface area contributed by atoms with Gasteiger partial charge in [0.05, 0.1) is 49.3 Å². The fraction of sp³-hybridized carbons (Fsp3) is 0.227. The zero-order valence-corrected chi connectivity index (χ0v) is 19.5. The Morgan fingerprint density at radius 2 is 1.68 bits per heavy atom. The van der Waals surface area contributed by atoms with Crippen LogP contribution in [0.1, 0.15) is 33.1 Å². The molecule has 12 heteroatoms. The highest BCUT2D eigenvalue weighted by molar-refractivity contribution is 7.17. The molecule has 0 saturated heterocycles. The molecule has 174 valence electrons. The normalized spacial score (nSPS) is 10.7. The van der Waals surface area contributed by atoms with Crippen molar-refractivity contribution in [2.24, 2.45) is 0 Å². The standard InChI is InChI=1S/C22H21N7O4S/c1-12-4-16(17-5-13(2)24-9-19(17)32-3)18(8-23-12)20(31)27-21-28-29-22(34-21)33-11-15-7-25-14(10-30)6-26-15/h4-9,30H,10-11H2,1-3H3,(H,27,28,31). The zero-order chi connectivity index (χ0) is 24.1. The summed E-state index contributed by atoms with van der Waals surface area (Å²) in [7, 11) is 1.55. The van der Waals surface area contributed by atoms with E-state index in [2.05, 4.69) is 35.5 Å². The predicted octanol–water partition coefficient (Wildman–Crippen LogP) is 2.73. The Morgan fingerprint density at radius 1 is 0.971 bits per heavy atom. The molecule has 0 aromatic carbocycles. The molecule has 0 radical (unpaired) electrons. The highest BCUT2D eigenvalue weighted by Gasteiger charge is 2.19. The molecule has 0 aliphatic heterocycles. The lowest BCUT2D eigenvalue weighted by atomic mass is 9.99. The lowest BCUT2D eigenvalue weighted by Gasteiger charge is -2.13. The number of carbonyl (C=O) groups excluding carboxylic acids is 1. The van der Waals surface area contributed by atoms with Crippen molar-refractivity contribution in [2.45, 2.75) is 27.1 Å². The van der Waals surface area contributed by atoms with Crippen molar-refractivity contribution in [3.8, 4) is 22.1 Å². The Bertz CT molecular complexity index is 1310. The van der Waals surface area contributed by atoms with Crippen LogP contribution in [0.5, 0.6) is 10.9 Å². The molecule has 34 heavy (non-hydrogen) atoms. The van der Waals surface area contributed by atoms with Gasteiger partial charge in [0.25, 0.3) is 11.1 Å². The second-order valence-electron chi connectivity index (χ2n) is 7.17. The minimum Gasteiger partial charge on any atom is -0.494 e. The van der Waals surface area contributed by atoms with Gasteiger partial charge in [-0.25, -0.2) is 0 Å². The van der Waals surface area contributed by atoms with Crippen LogP contribution >= 0.6 is 11.3 Å². The monoisotopic (exact) mass is 479 g/mol. The van der Waals surface area contributed by atoms with E-state index in [1.165, 1.54) is 18.6 Å². The van der Waals surface area contributed by atoms with E-state index in [1.807, 2.05) is 26.0 Å². The molecule has 11 nitrogen and oxygen atoms in total. The van der Waals surface area contributed by atoms with Gasteiger partial charge in [-0.15, -0.1) is 5.10 Å². The third-order valence-electron chi connectivity index (χ3n) is 4.69. The van der Waals surface area contributed by atoms with Crippen molar-refractivity contribution in [3.63, 3.8) is 0 Å². The summed E-state index contributed by atoms with van der Waals surface area (Å²) in [5.74, 6) is 0.152. The van der Waals surface area contributed by atoms with Gasteiger partial charge in [0.1, 0.15) is 12.4 Å². The molecule has 0 fully saturated rings. The van der Waals surface area contributed by atoms with Gasteiger partial charge in [0.15, 0.2) is 0 Å². The number of aryl methyl sites for hydroxylation is 2. The van der Waals surface area contributed by atoms with Gasteiger partial charge < -0.3 is 14.6 Å². The number of nitrogens with one attached hydrogen (secondary N) is 1. The van der Waals surface area contributed by atoms with E-state index in [1.54, 1.807) is 13.3 Å². The second-order valence-corrected chi connectivity index (χ2v) is 8.11. The smallest absolute Gasteiger partial charge is 0.296 e. The molecule has 0 aliphatic rings. The van der Waals surface area contributed by atoms with Crippen molar-refractivity contribution in [1.82, 2.24) is 30.1 Å². The molecular weight excluding hydrogens is 458 g/mol. The fourth-order valence-electron chi connectivity index (χ4n) is 3.04. The Labute approximate surface area is 198 Å². The maximum Gasteiger partial charge on any atom is 0.296 e. The average Bonchev–Trinajstić information content (AvgIpc) is 3.30. The molecule has 2 N–H and O–H groups in total. The van der Waals surface area contributed by atoms with Crippen LogP contribution in [0.4, 0.5) is 5.13 Å². The number of nitrogens with zero attached hydrogens (tertiary/aromatic N) is 6. The highest BCUT2D eigenvalue weighted by atomic mass is 32.1. The van der Waals surface area contributed by atoms with Gasteiger partial charge in [0, 0.05) is 28.7 Å². The molecule has 4 aromatic heterocycles. The van der Waals surface area contributed by atoms with Crippen LogP contribution in [0.2, 0.25) is 0 Å². The average molecular weight is 480 g/mol. The number of hydrogen-bond acceptors (Lipinski definition) is 11. The number of methoxy groups -OCH3 is 1. The molecule has 0 saturated carbocycles. The summed E-state index contributed by atoms with van der Waals surface area (Å²) in [5.41, 5.74) is 4.33. The van der Waals surface area contributed by atoms with E-state index in [-0.39, 0.29) is 23.5 Å². The van der Waals surface area contributed by atoms with Crippen LogP contribution in [-0.4, -0.2) is 48.3 Å². The van der Waals surface area contributed by atoms with Crippen molar-refractivity contribution < 1.29 is 19.4 Å². The number of ether oxygens (including phenoxy) is 2. The second kappa shape index (κ2) is 10.3. The number of rotatable bonds is 8. The van der Waals surface area contributed by atoms with Crippen LogP contribution in [-0.2, 0) is 13.2 Å². The van der Waals surface area contributed by atoms with Crippen LogP contribution in [0.25, 0.3) is 11.1 Å². The predicted molar refractivity (Wildman–Crippen MR) is 124 cm³/mol. The summed E-state index contributed by atoms with van der Waals surface area (Å²) in [5, 5.41) is 20.2. The minimum atomic E-state index is -0.396. The maximum atomic E-state index is 13.1. The molecule has 0 unspecified atom stereocenters. The number of hydrogen-bond donors (Lipinski definition) is 2. The molecule has 4 rings (SSSR count). The molecule has 4 aromatic rings. The van der Waals surface area contributed by atoms with E-state index in [9.17, 15) is 4.79 Å². The van der Waals surface area contributed by atoms with Crippen LogP contribution in [0.3, 0.4) is 0 Å². The van der Waals surface area contributed by atoms with E-state index >= 15 is 0 Å². The molecule has 0 atom stereocenters. The number of amides is 1. The Morgan fingerprint density at radius 3 is 2.38 bits per heavy atom. The summed E-state index contributed by atoms with van der Waals surface area (Å²) >= 11 is 1.08. The number of aliphatic hydroxyl groups is 1. The van der Waals surface area contributed by atoms with E-state index in [0.717, 1.165) is 28.3 Å². The van der Waals surface area contributed by atoms with Crippen molar-refractivity contribution in [3.05, 3.63) is 65.3 Å². The minimum absolute atomic E-state index is 0.120. The topological polar surface area (TPSA) is 145 Å². The van der Waals surface area contributed by atoms with Gasteiger partial charge >= 0.3 is 0 Å². The molecule has 4 heterocycles. The fourth-order valence-corrected chi connectivity index (χ4v) is 3.63. The Hall–Kier alpha value is -4.03. The summed E-state index contributed by atoms with van der Waals surface area (Å²) in [6.07, 6.45) is 6.12. The third-order valence-corrected chi connectivity index (χ3v) is 5.44. The van der Waals surface area contributed by atoms with Crippen molar-refractivity contribution in [2.75, 3.05) is 12.4 Å².